The molecule has 0 aromatic carbocycles. The molecule has 0 saturated heterocycles. The lowest BCUT2D eigenvalue weighted by molar-refractivity contribution is -0.217. The van der Waals surface area contributed by atoms with Gasteiger partial charge in [0.2, 0.25) is 0 Å². The molecule has 5 aliphatic rings. The van der Waals surface area contributed by atoms with Gasteiger partial charge in [0.05, 0.1) is 22.3 Å². The molecular formula is C34H64O8. The second-order valence-electron chi connectivity index (χ2n) is 13.8. The first-order valence-electron chi connectivity index (χ1n) is 14.6. The van der Waals surface area contributed by atoms with E-state index in [2.05, 4.69) is 0 Å². The van der Waals surface area contributed by atoms with Crippen LogP contribution in [-0.4, -0.2) is 54.2 Å². The standard InChI is InChI=1S/C30H48O8.4CH4/c1-7-28(5,26(34)37-23-10-8-22(9-11-23)36-19(2)35-6)17-27(3,4)25(33)38-30-15-20-12-21(16-30)14-29(13-20,18-30)24(31)32;;;;/h19-23H,7-18H2,1-6H3,(H,31,32);4*1H4. The van der Waals surface area contributed by atoms with Crippen LogP contribution in [0, 0.1) is 28.1 Å². The van der Waals surface area contributed by atoms with Gasteiger partial charge < -0.3 is 24.1 Å². The highest BCUT2D eigenvalue weighted by molar-refractivity contribution is 5.81. The molecule has 0 aromatic rings. The summed E-state index contributed by atoms with van der Waals surface area (Å²) in [6.45, 7) is 9.38. The van der Waals surface area contributed by atoms with Crippen LogP contribution in [0.3, 0.4) is 0 Å². The van der Waals surface area contributed by atoms with Crippen LogP contribution < -0.4 is 0 Å². The van der Waals surface area contributed by atoms with Crippen LogP contribution in [0.25, 0.3) is 0 Å². The Morgan fingerprint density at radius 2 is 1.40 bits per heavy atom. The van der Waals surface area contributed by atoms with Gasteiger partial charge in [0.15, 0.2) is 6.29 Å². The lowest BCUT2D eigenvalue weighted by Gasteiger charge is -2.59. The first kappa shape index (κ1) is 40.3. The Kier molecular flexibility index (Phi) is 14.3. The Bertz CT molecular complexity index is 891. The number of hydrogen-bond donors (Lipinski definition) is 1. The Hall–Kier alpha value is -1.67. The van der Waals surface area contributed by atoms with Crippen LogP contribution in [0.1, 0.15) is 141 Å². The van der Waals surface area contributed by atoms with E-state index in [1.807, 2.05) is 34.6 Å². The van der Waals surface area contributed by atoms with Crippen LogP contribution in [0.15, 0.2) is 0 Å². The Morgan fingerprint density at radius 3 is 1.88 bits per heavy atom. The summed E-state index contributed by atoms with van der Waals surface area (Å²) >= 11 is 0. The quantitative estimate of drug-likeness (QED) is 0.187. The fourth-order valence-electron chi connectivity index (χ4n) is 8.18. The Morgan fingerprint density at radius 1 is 0.881 bits per heavy atom. The molecule has 0 aliphatic heterocycles. The number of carbonyl (C=O) groups excluding carboxylic acids is 2. The average Bonchev–Trinajstić information content (AvgIpc) is 2.83. The molecule has 4 bridgehead atoms. The predicted molar refractivity (Wildman–Crippen MR) is 167 cm³/mol. The number of methoxy groups -OCH3 is 1. The zero-order valence-electron chi connectivity index (χ0n) is 24.2. The van der Waals surface area contributed by atoms with Crippen molar-refractivity contribution in [3.05, 3.63) is 0 Å². The molecule has 1 N–H and O–H groups in total. The molecule has 0 amide bonds. The second kappa shape index (κ2) is 14.9. The molecule has 5 aliphatic carbocycles. The molecule has 0 radical (unpaired) electrons. The average molecular weight is 601 g/mol. The fourth-order valence-corrected chi connectivity index (χ4v) is 8.18. The molecule has 8 heteroatoms. The Balaban J connectivity index is 0.00000420. The molecule has 5 fully saturated rings. The minimum Gasteiger partial charge on any atom is -0.481 e. The van der Waals surface area contributed by atoms with Gasteiger partial charge in [-0.15, -0.1) is 0 Å². The van der Waals surface area contributed by atoms with E-state index < -0.39 is 27.8 Å². The van der Waals surface area contributed by atoms with Crippen molar-refractivity contribution in [1.82, 2.24) is 0 Å². The third kappa shape index (κ3) is 8.28. The number of esters is 2. The molecule has 8 nitrogen and oxygen atoms in total. The zero-order chi connectivity index (χ0) is 27.9. The van der Waals surface area contributed by atoms with Crippen molar-refractivity contribution in [2.75, 3.05) is 7.11 Å². The molecule has 0 spiro atoms. The summed E-state index contributed by atoms with van der Waals surface area (Å²) in [5, 5.41) is 10.0. The lowest BCUT2D eigenvalue weighted by Crippen LogP contribution is -2.60. The number of carbonyl (C=O) groups is 3. The van der Waals surface area contributed by atoms with Crippen LogP contribution in [0.5, 0.6) is 0 Å². The van der Waals surface area contributed by atoms with Crippen LogP contribution >= 0.6 is 0 Å². The number of carboxylic acids is 1. The van der Waals surface area contributed by atoms with Crippen molar-refractivity contribution in [3.63, 3.8) is 0 Å². The maximum atomic E-state index is 13.6. The van der Waals surface area contributed by atoms with Gasteiger partial charge in [-0.05, 0) is 110 Å². The zero-order valence-corrected chi connectivity index (χ0v) is 24.2. The largest absolute Gasteiger partial charge is 0.481 e. The molecule has 5 saturated carbocycles. The smallest absolute Gasteiger partial charge is 0.312 e. The predicted octanol–water partition coefficient (Wildman–Crippen LogP) is 8.19. The summed E-state index contributed by atoms with van der Waals surface area (Å²) in [6.07, 6.45) is 8.02. The van der Waals surface area contributed by atoms with Crippen LogP contribution in [0.4, 0.5) is 0 Å². The second-order valence-corrected chi connectivity index (χ2v) is 13.8. The third-order valence-electron chi connectivity index (χ3n) is 10.0. The maximum absolute atomic E-state index is 13.6. The van der Waals surface area contributed by atoms with Gasteiger partial charge in [-0.25, -0.2) is 0 Å². The van der Waals surface area contributed by atoms with E-state index in [-0.39, 0.29) is 60.1 Å². The minimum absolute atomic E-state index is 0. The van der Waals surface area contributed by atoms with Crippen molar-refractivity contribution >= 4 is 17.9 Å². The highest BCUT2D eigenvalue weighted by Crippen LogP contribution is 2.63. The summed E-state index contributed by atoms with van der Waals surface area (Å²) in [6, 6.07) is 0. The van der Waals surface area contributed by atoms with E-state index in [9.17, 15) is 19.5 Å². The van der Waals surface area contributed by atoms with Gasteiger partial charge in [0.25, 0.3) is 0 Å². The molecule has 248 valence electrons. The van der Waals surface area contributed by atoms with E-state index in [0.717, 1.165) is 44.9 Å². The van der Waals surface area contributed by atoms with Gasteiger partial charge in [0.1, 0.15) is 11.7 Å². The molecule has 4 atom stereocenters. The summed E-state index contributed by atoms with van der Waals surface area (Å²) in [5.41, 5.74) is -3.20. The SMILES string of the molecule is C.C.C.C.CCC(C)(CC(C)(C)C(=O)OC12CC3CC(C1)CC(C(=O)O)(C3)C2)C(=O)OC1CCC(OC(C)OC)CC1. The minimum atomic E-state index is -0.911. The van der Waals surface area contributed by atoms with Crippen molar-refractivity contribution in [3.8, 4) is 0 Å². The van der Waals surface area contributed by atoms with Crippen molar-refractivity contribution in [1.29, 1.82) is 0 Å². The first-order chi connectivity index (χ1) is 17.7. The highest BCUT2D eigenvalue weighted by Gasteiger charge is 2.63. The van der Waals surface area contributed by atoms with Gasteiger partial charge in [0, 0.05) is 13.5 Å². The first-order valence-corrected chi connectivity index (χ1v) is 14.6. The maximum Gasteiger partial charge on any atom is 0.312 e. The topological polar surface area (TPSA) is 108 Å². The highest BCUT2D eigenvalue weighted by atomic mass is 16.7. The van der Waals surface area contributed by atoms with Crippen LogP contribution in [0.2, 0.25) is 0 Å². The van der Waals surface area contributed by atoms with Crippen molar-refractivity contribution in [2.24, 2.45) is 28.1 Å². The van der Waals surface area contributed by atoms with Gasteiger partial charge in [-0.2, -0.15) is 0 Å². The number of rotatable bonds is 11. The molecule has 0 heterocycles. The van der Waals surface area contributed by atoms with Gasteiger partial charge in [-0.1, -0.05) is 36.6 Å². The number of carboxylic acid groups (broad SMARTS) is 1. The fraction of sp³-hybridized carbons (Fsp3) is 0.912. The molecular weight excluding hydrogens is 536 g/mol. The number of hydrogen-bond acceptors (Lipinski definition) is 7. The lowest BCUT2D eigenvalue weighted by atomic mass is 9.48. The summed E-state index contributed by atoms with van der Waals surface area (Å²) in [7, 11) is 1.62. The van der Waals surface area contributed by atoms with E-state index in [4.69, 9.17) is 18.9 Å². The van der Waals surface area contributed by atoms with Gasteiger partial charge in [-0.3, -0.25) is 14.4 Å². The van der Waals surface area contributed by atoms with E-state index in [1.54, 1.807) is 7.11 Å². The van der Waals surface area contributed by atoms with E-state index in [1.165, 1.54) is 0 Å². The number of ether oxygens (including phenoxy) is 4. The van der Waals surface area contributed by atoms with Crippen LogP contribution in [-0.2, 0) is 33.3 Å². The molecule has 0 aromatic heterocycles. The summed E-state index contributed by atoms with van der Waals surface area (Å²) < 4.78 is 23.3. The monoisotopic (exact) mass is 600 g/mol. The third-order valence-corrected chi connectivity index (χ3v) is 10.0. The van der Waals surface area contributed by atoms with Crippen molar-refractivity contribution < 1.29 is 38.4 Å². The molecule has 42 heavy (non-hydrogen) atoms. The molecule has 5 rings (SSSR count). The summed E-state index contributed by atoms with van der Waals surface area (Å²) in [4.78, 5) is 39.3. The Labute approximate surface area is 257 Å². The van der Waals surface area contributed by atoms with Gasteiger partial charge >= 0.3 is 17.9 Å². The van der Waals surface area contributed by atoms with E-state index in [0.29, 0.717) is 43.9 Å². The summed E-state index contributed by atoms with van der Waals surface area (Å²) in [5.74, 6) is -0.747. The number of aliphatic carboxylic acids is 1. The normalized spacial score (nSPS) is 33.3. The molecule has 4 unspecified atom stereocenters. The van der Waals surface area contributed by atoms with E-state index >= 15 is 0 Å². The van der Waals surface area contributed by atoms with Crippen molar-refractivity contribution in [2.45, 2.75) is 165 Å².